The Balaban J connectivity index is 2.02. The molecule has 0 amide bonds. The second kappa shape index (κ2) is 6.49. The Kier molecular flexibility index (Phi) is 4.20. The molecule has 0 saturated heterocycles. The highest BCUT2D eigenvalue weighted by Gasteiger charge is 2.42. The third kappa shape index (κ3) is 2.54. The molecule has 0 unspecified atom stereocenters. The predicted octanol–water partition coefficient (Wildman–Crippen LogP) is 3.06. The summed E-state index contributed by atoms with van der Waals surface area (Å²) in [5.41, 5.74) is 0.283. The highest BCUT2D eigenvalue weighted by molar-refractivity contribution is 6.03. The van der Waals surface area contributed by atoms with Gasteiger partial charge in [0.15, 0.2) is 23.5 Å². The Hall–Kier alpha value is -3.59. The maximum absolute atomic E-state index is 12.8. The number of benzene rings is 2. The molecule has 2 N–H and O–H groups in total. The lowest BCUT2D eigenvalue weighted by Crippen LogP contribution is -2.11. The van der Waals surface area contributed by atoms with Crippen molar-refractivity contribution in [3.8, 4) is 28.7 Å². The van der Waals surface area contributed by atoms with E-state index in [1.54, 1.807) is 13.8 Å². The van der Waals surface area contributed by atoms with Gasteiger partial charge in [0.1, 0.15) is 16.9 Å². The number of hydrogen-bond acceptors (Lipinski definition) is 9. The number of aldehydes is 1. The fourth-order valence-corrected chi connectivity index (χ4v) is 3.54. The van der Waals surface area contributed by atoms with Gasteiger partial charge < -0.3 is 29.2 Å². The van der Waals surface area contributed by atoms with Crippen molar-refractivity contribution in [1.82, 2.24) is 0 Å². The lowest BCUT2D eigenvalue weighted by atomic mass is 10.00. The van der Waals surface area contributed by atoms with Crippen LogP contribution in [0.25, 0.3) is 0 Å². The minimum Gasteiger partial charge on any atom is -0.507 e. The van der Waals surface area contributed by atoms with Crippen LogP contribution in [-0.4, -0.2) is 35.0 Å². The molecule has 9 nitrogen and oxygen atoms in total. The zero-order valence-electron chi connectivity index (χ0n) is 15.7. The molecule has 0 fully saturated rings. The topological polar surface area (TPSA) is 129 Å². The van der Waals surface area contributed by atoms with Gasteiger partial charge in [0.05, 0.1) is 5.56 Å². The van der Waals surface area contributed by atoms with Crippen LogP contribution in [0.5, 0.6) is 28.7 Å². The molecule has 0 radical (unpaired) electrons. The van der Waals surface area contributed by atoms with Gasteiger partial charge in [-0.25, -0.2) is 9.59 Å². The van der Waals surface area contributed by atoms with Crippen molar-refractivity contribution in [3.05, 3.63) is 39.4 Å². The van der Waals surface area contributed by atoms with E-state index >= 15 is 0 Å². The fourth-order valence-electron chi connectivity index (χ4n) is 3.54. The van der Waals surface area contributed by atoms with Gasteiger partial charge in [-0.05, 0) is 32.4 Å². The molecule has 2 aromatic carbocycles. The zero-order chi connectivity index (χ0) is 21.0. The number of phenols is 2. The second-order valence-electron chi connectivity index (χ2n) is 6.55. The summed E-state index contributed by atoms with van der Waals surface area (Å²) in [6, 6.07) is 1.23. The minimum absolute atomic E-state index is 0.0796. The van der Waals surface area contributed by atoms with Gasteiger partial charge in [0, 0.05) is 17.7 Å². The Bertz CT molecular complexity index is 1100. The van der Waals surface area contributed by atoms with Crippen LogP contribution in [0.4, 0.5) is 0 Å². The van der Waals surface area contributed by atoms with Crippen LogP contribution < -0.4 is 9.47 Å². The average molecular weight is 400 g/mol. The van der Waals surface area contributed by atoms with E-state index in [4.69, 9.17) is 18.9 Å². The number of fused-ring (bicyclic) bond motifs is 3. The molecule has 0 spiro atoms. The number of carbonyl (C=O) groups is 3. The molecule has 29 heavy (non-hydrogen) atoms. The van der Waals surface area contributed by atoms with Crippen molar-refractivity contribution in [2.24, 2.45) is 0 Å². The second-order valence-corrected chi connectivity index (χ2v) is 6.55. The predicted molar refractivity (Wildman–Crippen MR) is 95.9 cm³/mol. The van der Waals surface area contributed by atoms with Crippen molar-refractivity contribution < 1.29 is 43.5 Å². The first kappa shape index (κ1) is 18.8. The summed E-state index contributed by atoms with van der Waals surface area (Å²) in [6.45, 7) is 5.03. The summed E-state index contributed by atoms with van der Waals surface area (Å²) in [5, 5.41) is 20.8. The molecule has 2 aromatic rings. The summed E-state index contributed by atoms with van der Waals surface area (Å²) in [4.78, 5) is 36.6. The summed E-state index contributed by atoms with van der Waals surface area (Å²) in [7, 11) is 0. The smallest absolute Gasteiger partial charge is 0.347 e. The van der Waals surface area contributed by atoms with Gasteiger partial charge in [-0.1, -0.05) is 0 Å². The van der Waals surface area contributed by atoms with Crippen molar-refractivity contribution in [3.63, 3.8) is 0 Å². The van der Waals surface area contributed by atoms with Crippen LogP contribution in [0.1, 0.15) is 61.0 Å². The normalized spacial score (nSPS) is 16.7. The average Bonchev–Trinajstić information content (AvgIpc) is 2.89. The number of esters is 2. The van der Waals surface area contributed by atoms with Gasteiger partial charge in [0.25, 0.3) is 0 Å². The summed E-state index contributed by atoms with van der Waals surface area (Å²) in [6.07, 6.45) is -0.748. The van der Waals surface area contributed by atoms with Gasteiger partial charge in [-0.15, -0.1) is 0 Å². The lowest BCUT2D eigenvalue weighted by molar-refractivity contribution is -0.0996. The number of aryl methyl sites for hydroxylation is 1. The molecule has 9 heteroatoms. The van der Waals surface area contributed by atoms with E-state index < -0.39 is 29.7 Å². The number of cyclic esters (lactones) is 1. The van der Waals surface area contributed by atoms with Crippen molar-refractivity contribution in [2.45, 2.75) is 27.1 Å². The van der Waals surface area contributed by atoms with E-state index in [-0.39, 0.29) is 46.1 Å². The van der Waals surface area contributed by atoms with Crippen LogP contribution in [-0.2, 0) is 9.47 Å². The van der Waals surface area contributed by atoms with Crippen LogP contribution in [0, 0.1) is 13.8 Å². The van der Waals surface area contributed by atoms with E-state index in [9.17, 15) is 24.6 Å². The Labute approximate surface area is 164 Å². The molecular formula is C20H16O9. The monoisotopic (exact) mass is 400 g/mol. The largest absolute Gasteiger partial charge is 0.507 e. The van der Waals surface area contributed by atoms with E-state index in [1.165, 1.54) is 13.0 Å². The maximum Gasteiger partial charge on any atom is 0.347 e. The molecule has 150 valence electrons. The third-order valence-corrected chi connectivity index (χ3v) is 4.86. The van der Waals surface area contributed by atoms with E-state index in [0.29, 0.717) is 17.4 Å². The van der Waals surface area contributed by atoms with Crippen molar-refractivity contribution >= 4 is 18.2 Å². The number of ether oxygens (including phenoxy) is 4. The Morgan fingerprint density at radius 2 is 1.79 bits per heavy atom. The molecule has 2 aliphatic heterocycles. The van der Waals surface area contributed by atoms with Crippen LogP contribution in [0.2, 0.25) is 0 Å². The first-order valence-corrected chi connectivity index (χ1v) is 8.73. The first-order chi connectivity index (χ1) is 13.8. The minimum atomic E-state index is -1.07. The van der Waals surface area contributed by atoms with E-state index in [1.807, 2.05) is 0 Å². The summed E-state index contributed by atoms with van der Waals surface area (Å²) < 4.78 is 21.7. The number of hydrogen-bond donors (Lipinski definition) is 2. The zero-order valence-corrected chi connectivity index (χ0v) is 15.7. The van der Waals surface area contributed by atoms with Crippen molar-refractivity contribution in [2.75, 3.05) is 6.61 Å². The third-order valence-electron chi connectivity index (χ3n) is 4.86. The highest BCUT2D eigenvalue weighted by Crippen LogP contribution is 2.54. The highest BCUT2D eigenvalue weighted by atomic mass is 16.7. The van der Waals surface area contributed by atoms with Crippen LogP contribution in [0.15, 0.2) is 6.07 Å². The van der Waals surface area contributed by atoms with E-state index in [2.05, 4.69) is 0 Å². The molecule has 0 bridgehead atoms. The lowest BCUT2D eigenvalue weighted by Gasteiger charge is -2.17. The molecule has 0 aliphatic carbocycles. The number of aromatic hydroxyl groups is 2. The molecule has 2 heterocycles. The van der Waals surface area contributed by atoms with Gasteiger partial charge in [0.2, 0.25) is 12.0 Å². The number of phenolic OH excluding ortho intramolecular Hbond substituents is 2. The molecular weight excluding hydrogens is 384 g/mol. The Morgan fingerprint density at radius 3 is 2.45 bits per heavy atom. The molecule has 0 saturated carbocycles. The maximum atomic E-state index is 12.8. The summed E-state index contributed by atoms with van der Waals surface area (Å²) >= 11 is 0. The molecule has 1 atom stereocenters. The molecule has 0 aromatic heterocycles. The first-order valence-electron chi connectivity index (χ1n) is 8.73. The quantitative estimate of drug-likeness (QED) is 0.454. The number of carbonyl (C=O) groups excluding carboxylic acids is 3. The molecule has 4 rings (SSSR count). The van der Waals surface area contributed by atoms with Gasteiger partial charge in [-0.3, -0.25) is 4.79 Å². The molecule has 2 aliphatic rings. The van der Waals surface area contributed by atoms with Crippen LogP contribution in [0.3, 0.4) is 0 Å². The Morgan fingerprint density at radius 1 is 1.07 bits per heavy atom. The fraction of sp³-hybridized carbons (Fsp3) is 0.250. The SMILES string of the molecule is CCO[C@H]1OC(=O)c2c(O)c3c(c(C)c21)OC(=O)c1c(C)cc(O)c(C=O)c1O3. The van der Waals surface area contributed by atoms with Gasteiger partial charge >= 0.3 is 11.9 Å². The standard InChI is InChI=1S/C20H16O9/c1-4-26-20-12-8(3)15-17(14(23)13(12)19(25)29-20)27-16-9(6-21)10(22)5-7(2)11(16)18(24)28-15/h5-6,20,22-23H,4H2,1-3H3/t20-/m0/s1. The van der Waals surface area contributed by atoms with Crippen LogP contribution >= 0.6 is 0 Å². The van der Waals surface area contributed by atoms with E-state index in [0.717, 1.165) is 0 Å². The summed E-state index contributed by atoms with van der Waals surface area (Å²) in [5.74, 6) is -3.45. The van der Waals surface area contributed by atoms with Crippen molar-refractivity contribution in [1.29, 1.82) is 0 Å². The van der Waals surface area contributed by atoms with Gasteiger partial charge in [-0.2, -0.15) is 0 Å². The number of rotatable bonds is 3.